The van der Waals surface area contributed by atoms with Gasteiger partial charge in [0.05, 0.1) is 16.6 Å². The lowest BCUT2D eigenvalue weighted by Gasteiger charge is -2.17. The molecule has 0 saturated carbocycles. The van der Waals surface area contributed by atoms with Crippen LogP contribution in [0.4, 0.5) is 0 Å². The molecule has 0 spiro atoms. The van der Waals surface area contributed by atoms with Crippen molar-refractivity contribution in [2.24, 2.45) is 0 Å². The maximum Gasteiger partial charge on any atom is 0.322 e. The number of hydrogen-bond donors (Lipinski definition) is 5. The van der Waals surface area contributed by atoms with Gasteiger partial charge in [-0.15, -0.1) is 0 Å². The number of amides is 2. The van der Waals surface area contributed by atoms with Gasteiger partial charge in [0, 0.05) is 11.6 Å². The van der Waals surface area contributed by atoms with Crippen molar-refractivity contribution in [1.29, 1.82) is 0 Å². The molecule has 5 N–H and O–H groups in total. The van der Waals surface area contributed by atoms with Crippen LogP contribution in [0.1, 0.15) is 31.8 Å². The lowest BCUT2D eigenvalue weighted by molar-refractivity contribution is -0.135. The Kier molecular flexibility index (Phi) is 8.46. The van der Waals surface area contributed by atoms with Crippen LogP contribution in [0.2, 0.25) is 15.1 Å². The van der Waals surface area contributed by atoms with E-state index in [2.05, 4.69) is 5.32 Å². The average Bonchev–Trinajstić information content (AvgIpc) is 2.82. The van der Waals surface area contributed by atoms with Crippen molar-refractivity contribution in [3.8, 4) is 11.6 Å². The number of aliphatic carboxylic acids is 1. The number of halogens is 3. The normalized spacial score (nSPS) is 10.6. The van der Waals surface area contributed by atoms with Crippen molar-refractivity contribution in [2.75, 3.05) is 6.54 Å². The monoisotopic (exact) mass is 553 g/mol. The van der Waals surface area contributed by atoms with Crippen LogP contribution < -0.4 is 16.2 Å². The van der Waals surface area contributed by atoms with E-state index in [1.165, 1.54) is 6.07 Å². The fraction of sp³-hybridized carbons (Fsp3) is 0.130. The van der Waals surface area contributed by atoms with Crippen LogP contribution in [-0.2, 0) is 17.9 Å². The Morgan fingerprint density at radius 3 is 2.11 bits per heavy atom. The number of carbonyl (C=O) groups excluding carboxylic acids is 2. The van der Waals surface area contributed by atoms with E-state index in [-0.39, 0.29) is 28.2 Å². The average molecular weight is 555 g/mol. The van der Waals surface area contributed by atoms with Crippen LogP contribution in [0.15, 0.2) is 47.3 Å². The molecule has 0 unspecified atom stereocenters. The fourth-order valence-electron chi connectivity index (χ4n) is 3.25. The van der Waals surface area contributed by atoms with E-state index in [1.54, 1.807) is 36.4 Å². The molecule has 0 bridgehead atoms. The highest BCUT2D eigenvalue weighted by molar-refractivity contribution is 6.42. The summed E-state index contributed by atoms with van der Waals surface area (Å²) < 4.78 is 0.665. The molecule has 0 radical (unpaired) electrons. The van der Waals surface area contributed by atoms with Crippen molar-refractivity contribution >= 4 is 52.6 Å². The number of pyridine rings is 1. The number of nitrogens with one attached hydrogen (secondary N) is 2. The van der Waals surface area contributed by atoms with E-state index >= 15 is 0 Å². The van der Waals surface area contributed by atoms with Gasteiger partial charge in [0.15, 0.2) is 5.75 Å². The maximum absolute atomic E-state index is 13.1. The first-order chi connectivity index (χ1) is 17.0. The Balaban J connectivity index is 2.09. The van der Waals surface area contributed by atoms with Gasteiger partial charge in [0.1, 0.15) is 17.7 Å². The second-order valence-corrected chi connectivity index (χ2v) is 8.57. The minimum atomic E-state index is -1.41. The summed E-state index contributed by atoms with van der Waals surface area (Å²) in [5, 5.41) is 35.4. The number of rotatable bonds is 8. The number of carboxylic acids is 1. The molecule has 0 aliphatic rings. The molecule has 3 rings (SSSR count). The first-order valence-electron chi connectivity index (χ1n) is 10.2. The van der Waals surface area contributed by atoms with E-state index < -0.39 is 52.6 Å². The first kappa shape index (κ1) is 26.9. The van der Waals surface area contributed by atoms with Crippen molar-refractivity contribution in [1.82, 2.24) is 15.2 Å². The van der Waals surface area contributed by atoms with Gasteiger partial charge in [0.25, 0.3) is 17.4 Å². The van der Waals surface area contributed by atoms with E-state index in [4.69, 9.17) is 39.9 Å². The highest BCUT2D eigenvalue weighted by Crippen LogP contribution is 2.30. The van der Waals surface area contributed by atoms with Gasteiger partial charge in [-0.25, -0.2) is 0 Å². The largest absolute Gasteiger partial charge is 0.506 e. The Morgan fingerprint density at radius 1 is 0.833 bits per heavy atom. The third kappa shape index (κ3) is 5.73. The molecule has 10 nitrogen and oxygen atoms in total. The summed E-state index contributed by atoms with van der Waals surface area (Å²) in [5.41, 5.74) is -2.13. The van der Waals surface area contributed by atoms with Crippen LogP contribution in [0.25, 0.3) is 0 Å². The second-order valence-electron chi connectivity index (χ2n) is 7.38. The Hall–Kier alpha value is -3.73. The number of benzene rings is 2. The smallest absolute Gasteiger partial charge is 0.322 e. The zero-order valence-corrected chi connectivity index (χ0v) is 20.5. The van der Waals surface area contributed by atoms with Gasteiger partial charge in [-0.05, 0) is 23.3 Å². The van der Waals surface area contributed by atoms with Crippen molar-refractivity contribution in [3.63, 3.8) is 0 Å². The minimum Gasteiger partial charge on any atom is -0.506 e. The quantitative estimate of drug-likeness (QED) is 0.286. The van der Waals surface area contributed by atoms with E-state index in [0.29, 0.717) is 15.7 Å². The predicted octanol–water partition coefficient (Wildman–Crippen LogP) is 3.01. The van der Waals surface area contributed by atoms with Gasteiger partial charge in [0.2, 0.25) is 5.88 Å². The summed E-state index contributed by atoms with van der Waals surface area (Å²) in [4.78, 5) is 49.5. The zero-order chi connectivity index (χ0) is 26.6. The van der Waals surface area contributed by atoms with Crippen molar-refractivity contribution < 1.29 is 29.7 Å². The highest BCUT2D eigenvalue weighted by atomic mass is 35.5. The highest BCUT2D eigenvalue weighted by Gasteiger charge is 2.30. The van der Waals surface area contributed by atoms with E-state index in [9.17, 15) is 29.4 Å². The standard InChI is InChI=1S/C23H18Cl3N3O7/c24-13-6-2-1-4-12(13)10-29-22(35)16(19(32)17(23(29)36)21(34)28-9-15(30)31)20(33)27-8-11-5-3-7-14(25)18(11)26/h1-7,32,35H,8-10H2,(H,27,33)(H,28,34)(H,30,31). The number of nitrogens with zero attached hydrogens (tertiary/aromatic N) is 1. The summed E-state index contributed by atoms with van der Waals surface area (Å²) >= 11 is 18.2. The van der Waals surface area contributed by atoms with Gasteiger partial charge >= 0.3 is 5.97 Å². The molecule has 0 aliphatic heterocycles. The maximum atomic E-state index is 13.1. The lowest BCUT2D eigenvalue weighted by Crippen LogP contribution is -2.37. The van der Waals surface area contributed by atoms with Gasteiger partial charge in [-0.1, -0.05) is 65.1 Å². The fourth-order valence-corrected chi connectivity index (χ4v) is 3.83. The molecule has 1 aromatic heterocycles. The van der Waals surface area contributed by atoms with Crippen LogP contribution in [-0.4, -0.2) is 44.2 Å². The predicted molar refractivity (Wildman–Crippen MR) is 132 cm³/mol. The number of hydrogen-bond acceptors (Lipinski definition) is 6. The minimum absolute atomic E-state index is 0.172. The number of carbonyl (C=O) groups is 3. The molecule has 13 heteroatoms. The van der Waals surface area contributed by atoms with Crippen LogP contribution in [0.5, 0.6) is 11.6 Å². The van der Waals surface area contributed by atoms with E-state index in [1.807, 2.05) is 5.32 Å². The van der Waals surface area contributed by atoms with Crippen LogP contribution in [0.3, 0.4) is 0 Å². The van der Waals surface area contributed by atoms with Crippen molar-refractivity contribution in [2.45, 2.75) is 13.1 Å². The molecule has 2 amide bonds. The summed E-state index contributed by atoms with van der Waals surface area (Å²) in [6.45, 7) is -1.41. The molecule has 0 atom stereocenters. The Labute approximate surface area is 218 Å². The summed E-state index contributed by atoms with van der Waals surface area (Å²) in [7, 11) is 0. The third-order valence-corrected chi connectivity index (χ3v) is 6.25. The molecule has 2 aromatic carbocycles. The second kappa shape index (κ2) is 11.3. The molecule has 0 fully saturated rings. The molecule has 0 aliphatic carbocycles. The topological polar surface area (TPSA) is 158 Å². The molecule has 188 valence electrons. The molecule has 1 heterocycles. The van der Waals surface area contributed by atoms with Crippen LogP contribution in [0, 0.1) is 0 Å². The van der Waals surface area contributed by atoms with Gasteiger partial charge in [-0.3, -0.25) is 23.7 Å². The number of aromatic hydroxyl groups is 2. The molecular weight excluding hydrogens is 537 g/mol. The number of carboxylic acid groups (broad SMARTS) is 1. The third-order valence-electron chi connectivity index (χ3n) is 5.02. The Bertz CT molecular complexity index is 1420. The summed E-state index contributed by atoms with van der Waals surface area (Å²) in [6.07, 6.45) is 0. The van der Waals surface area contributed by atoms with Gasteiger partial charge in [-0.2, -0.15) is 0 Å². The SMILES string of the molecule is O=C(O)CNC(=O)c1c(O)c(C(=O)NCc2cccc(Cl)c2Cl)c(O)n(Cc2ccccc2Cl)c1=O. The van der Waals surface area contributed by atoms with Gasteiger partial charge < -0.3 is 26.0 Å². The molecular formula is C23H18Cl3N3O7. The first-order valence-corrected chi connectivity index (χ1v) is 11.3. The number of aromatic nitrogens is 1. The van der Waals surface area contributed by atoms with Crippen molar-refractivity contribution in [3.05, 3.63) is 90.1 Å². The zero-order valence-electron chi connectivity index (χ0n) is 18.2. The molecule has 36 heavy (non-hydrogen) atoms. The summed E-state index contributed by atoms with van der Waals surface area (Å²) in [6, 6.07) is 11.0. The Morgan fingerprint density at radius 2 is 1.44 bits per heavy atom. The lowest BCUT2D eigenvalue weighted by atomic mass is 10.1. The van der Waals surface area contributed by atoms with E-state index in [0.717, 1.165) is 0 Å². The molecule has 0 saturated heterocycles. The van der Waals surface area contributed by atoms with Crippen LogP contribution >= 0.6 is 34.8 Å². The summed E-state index contributed by atoms with van der Waals surface area (Å²) in [5.74, 6) is -5.80. The molecule has 3 aromatic rings.